The summed E-state index contributed by atoms with van der Waals surface area (Å²) in [5.41, 5.74) is 1.59. The molecule has 4 atom stereocenters. The topological polar surface area (TPSA) is 162 Å². The summed E-state index contributed by atoms with van der Waals surface area (Å²) in [5.74, 6) is -2.70. The molecule has 1 saturated carbocycles. The number of nitriles is 1. The average Bonchev–Trinajstić information content (AvgIpc) is 3.93. The summed E-state index contributed by atoms with van der Waals surface area (Å²) in [6.45, 7) is 11.9. The van der Waals surface area contributed by atoms with Crippen LogP contribution in [0.2, 0.25) is 0 Å². The van der Waals surface area contributed by atoms with E-state index in [0.717, 1.165) is 38.7 Å². The number of hydrogen-bond donors (Lipinski definition) is 2. The molecular formula is C49H54F3N5O7S2. The van der Waals surface area contributed by atoms with Crippen molar-refractivity contribution in [1.29, 1.82) is 5.26 Å². The highest BCUT2D eigenvalue weighted by Gasteiger charge is 2.51. The Morgan fingerprint density at radius 3 is 2.29 bits per heavy atom. The molecule has 17 heteroatoms. The van der Waals surface area contributed by atoms with E-state index in [1.165, 1.54) is 6.07 Å². The summed E-state index contributed by atoms with van der Waals surface area (Å²) in [6, 6.07) is 19.2. The van der Waals surface area contributed by atoms with E-state index in [4.69, 9.17) is 21.7 Å². The van der Waals surface area contributed by atoms with Crippen molar-refractivity contribution >= 4 is 63.4 Å². The zero-order valence-corrected chi connectivity index (χ0v) is 39.4. The predicted octanol–water partition coefficient (Wildman–Crippen LogP) is 9.00. The number of aliphatic hydroxyl groups excluding tert-OH is 1. The molecule has 0 radical (unpaired) electrons. The van der Waals surface area contributed by atoms with E-state index < -0.39 is 58.0 Å². The number of rotatable bonds is 18. The molecule has 6 rings (SSSR count). The molecule has 4 aromatic rings. The summed E-state index contributed by atoms with van der Waals surface area (Å²) >= 11 is 7.19. The Balaban J connectivity index is 0.942. The van der Waals surface area contributed by atoms with Gasteiger partial charge >= 0.3 is 6.18 Å². The minimum atomic E-state index is -4.81. The van der Waals surface area contributed by atoms with Gasteiger partial charge in [-0.1, -0.05) is 45.0 Å². The molecule has 2 amide bonds. The number of aromatic nitrogens is 1. The Morgan fingerprint density at radius 2 is 1.67 bits per heavy atom. The summed E-state index contributed by atoms with van der Waals surface area (Å²) in [5, 5.41) is 22.8. The standard InChI is InChI=1S/C49H54F3N5O7S2/c1-29-43(66-28-55-29)31-10-8-30(9-11-31)27-54-44(61)39-24-36(59)23-38(39)42(60)41(47(2,3)4)25-35(58)18-21-63-19-7-20-64-37-16-14-33(15-17-37)57-46(65)56(45(62)48(57,5)6)34-13-12-32(26-53)40(22-34)49(50,51)52/h8-17,22,28,36,38-39,41,59H,7,18-21,23-25,27H2,1-6H3,(H,54,61)/t36-,38?,39+,41+/m0/s1. The number of ether oxygens (including phenoxy) is 2. The highest BCUT2D eigenvalue weighted by molar-refractivity contribution is 7.81. The van der Waals surface area contributed by atoms with Crippen molar-refractivity contribution in [3.8, 4) is 22.3 Å². The van der Waals surface area contributed by atoms with Gasteiger partial charge in [0.05, 0.1) is 64.2 Å². The van der Waals surface area contributed by atoms with Gasteiger partial charge in [0.2, 0.25) is 5.91 Å². The maximum absolute atomic E-state index is 14.1. The van der Waals surface area contributed by atoms with Gasteiger partial charge in [-0.3, -0.25) is 24.1 Å². The lowest BCUT2D eigenvalue weighted by molar-refractivity contribution is -0.139. The second-order valence-corrected chi connectivity index (χ2v) is 19.5. The average molecular weight is 946 g/mol. The Kier molecular flexibility index (Phi) is 15.5. The number of aliphatic hydroxyl groups is 1. The maximum atomic E-state index is 14.1. The van der Waals surface area contributed by atoms with Crippen LogP contribution in [-0.4, -0.2) is 70.0 Å². The molecular weight excluding hydrogens is 892 g/mol. The first-order valence-electron chi connectivity index (χ1n) is 21.7. The van der Waals surface area contributed by atoms with Crippen LogP contribution in [0.4, 0.5) is 24.5 Å². The van der Waals surface area contributed by atoms with Crippen LogP contribution in [0.15, 0.2) is 72.2 Å². The van der Waals surface area contributed by atoms with E-state index in [9.17, 15) is 42.7 Å². The fraction of sp³-hybridized carbons (Fsp3) is 0.449. The lowest BCUT2D eigenvalue weighted by Crippen LogP contribution is -2.44. The third-order valence-corrected chi connectivity index (χ3v) is 13.5. The lowest BCUT2D eigenvalue weighted by Gasteiger charge is -2.32. The summed E-state index contributed by atoms with van der Waals surface area (Å²) in [6.07, 6.45) is -4.67. The number of nitrogens with one attached hydrogen (secondary N) is 1. The second kappa shape index (κ2) is 20.5. The third kappa shape index (κ3) is 11.3. The molecule has 12 nitrogen and oxygen atoms in total. The molecule has 1 unspecified atom stereocenters. The van der Waals surface area contributed by atoms with E-state index in [0.29, 0.717) is 24.5 Å². The molecule has 1 aromatic heterocycles. The summed E-state index contributed by atoms with van der Waals surface area (Å²) in [7, 11) is 0. The molecule has 350 valence electrons. The molecule has 1 saturated heterocycles. The SMILES string of the molecule is Cc1ncsc1-c1ccc(CNC(=O)[C@@H]2C[C@@H](O)CC2C(=O)[C@@H](CC(=O)CCOCCCOc2ccc(N3C(=S)N(c4ccc(C#N)c(C(F)(F)F)c4)C(=O)C3(C)C)cc2)C(C)(C)C)cc1. The number of carbonyl (C=O) groups is 4. The fourth-order valence-electron chi connectivity index (χ4n) is 8.50. The number of thiocarbonyl (C=S) groups is 1. The number of aryl methyl sites for hydroxylation is 1. The van der Waals surface area contributed by atoms with Gasteiger partial charge in [0, 0.05) is 49.9 Å². The van der Waals surface area contributed by atoms with Gasteiger partial charge in [0.1, 0.15) is 22.9 Å². The molecule has 66 heavy (non-hydrogen) atoms. The lowest BCUT2D eigenvalue weighted by atomic mass is 9.70. The summed E-state index contributed by atoms with van der Waals surface area (Å²) in [4.78, 5) is 62.4. The minimum Gasteiger partial charge on any atom is -0.494 e. The van der Waals surface area contributed by atoms with Crippen LogP contribution in [0.5, 0.6) is 5.75 Å². The zero-order chi connectivity index (χ0) is 48.1. The number of halogens is 3. The van der Waals surface area contributed by atoms with Crippen molar-refractivity contribution in [2.45, 2.75) is 98.0 Å². The fourth-order valence-corrected chi connectivity index (χ4v) is 9.83. The number of alkyl halides is 3. The van der Waals surface area contributed by atoms with Crippen molar-refractivity contribution in [1.82, 2.24) is 10.3 Å². The van der Waals surface area contributed by atoms with Gasteiger partial charge in [-0.2, -0.15) is 18.4 Å². The van der Waals surface area contributed by atoms with Gasteiger partial charge in [0.15, 0.2) is 5.11 Å². The van der Waals surface area contributed by atoms with Crippen molar-refractivity contribution in [3.63, 3.8) is 0 Å². The molecule has 2 N–H and O–H groups in total. The monoisotopic (exact) mass is 945 g/mol. The van der Waals surface area contributed by atoms with Gasteiger partial charge < -0.3 is 24.8 Å². The number of hydrogen-bond acceptors (Lipinski definition) is 11. The van der Waals surface area contributed by atoms with E-state index in [2.05, 4.69) is 10.3 Å². The van der Waals surface area contributed by atoms with Crippen molar-refractivity contribution in [2.24, 2.45) is 23.2 Å². The van der Waals surface area contributed by atoms with Crippen LogP contribution in [-0.2, 0) is 36.6 Å². The first kappa shape index (κ1) is 49.9. The normalized spacial score (nSPS) is 18.9. The number of nitrogens with zero attached hydrogens (tertiary/aromatic N) is 4. The van der Waals surface area contributed by atoms with E-state index in [1.54, 1.807) is 65.9 Å². The Morgan fingerprint density at radius 1 is 1.00 bits per heavy atom. The molecule has 0 spiro atoms. The summed E-state index contributed by atoms with van der Waals surface area (Å²) < 4.78 is 52.8. The van der Waals surface area contributed by atoms with Gasteiger partial charge in [-0.15, -0.1) is 11.3 Å². The Hall–Kier alpha value is -5.54. The number of carbonyl (C=O) groups excluding carboxylic acids is 4. The minimum absolute atomic E-state index is 0.00271. The Bertz CT molecular complexity index is 2480. The molecule has 2 heterocycles. The molecule has 1 aliphatic carbocycles. The highest BCUT2D eigenvalue weighted by atomic mass is 32.1. The predicted molar refractivity (Wildman–Crippen MR) is 249 cm³/mol. The molecule has 0 bridgehead atoms. The molecule has 1 aliphatic heterocycles. The van der Waals surface area contributed by atoms with Gasteiger partial charge in [-0.25, -0.2) is 4.98 Å². The second-order valence-electron chi connectivity index (χ2n) is 18.3. The van der Waals surface area contributed by atoms with Crippen molar-refractivity contribution < 1.29 is 46.9 Å². The number of anilines is 2. The molecule has 2 fully saturated rings. The number of benzene rings is 3. The van der Waals surface area contributed by atoms with Crippen LogP contribution >= 0.6 is 23.6 Å². The Labute approximate surface area is 392 Å². The first-order chi connectivity index (χ1) is 31.1. The van der Waals surface area contributed by atoms with Gasteiger partial charge in [0.25, 0.3) is 5.91 Å². The first-order valence-corrected chi connectivity index (χ1v) is 23.0. The van der Waals surface area contributed by atoms with Crippen LogP contribution in [0.3, 0.4) is 0 Å². The molecule has 3 aromatic carbocycles. The quantitative estimate of drug-likeness (QED) is 0.0724. The third-order valence-electron chi connectivity index (χ3n) is 12.2. The number of thiazole rings is 1. The smallest absolute Gasteiger partial charge is 0.417 e. The van der Waals surface area contributed by atoms with Crippen LogP contribution < -0.4 is 19.9 Å². The van der Waals surface area contributed by atoms with E-state index in [-0.39, 0.29) is 73.7 Å². The number of Topliss-reactive ketones (excluding diaryl/α,β-unsaturated/α-hetero) is 2. The zero-order valence-electron chi connectivity index (χ0n) is 37.7. The highest BCUT2D eigenvalue weighted by Crippen LogP contribution is 2.42. The van der Waals surface area contributed by atoms with Crippen LogP contribution in [0.25, 0.3) is 10.4 Å². The van der Waals surface area contributed by atoms with Crippen LogP contribution in [0.1, 0.15) is 89.1 Å². The molecule has 2 aliphatic rings. The van der Waals surface area contributed by atoms with Crippen LogP contribution in [0, 0.1) is 41.4 Å². The number of amides is 2. The largest absolute Gasteiger partial charge is 0.494 e. The number of ketones is 2. The van der Waals surface area contributed by atoms with Crippen molar-refractivity contribution in [2.75, 3.05) is 29.6 Å². The van der Waals surface area contributed by atoms with Crippen molar-refractivity contribution in [3.05, 3.63) is 94.6 Å². The maximum Gasteiger partial charge on any atom is 0.417 e. The van der Waals surface area contributed by atoms with Gasteiger partial charge in [-0.05, 0) is 105 Å². The van der Waals surface area contributed by atoms with E-state index in [1.807, 2.05) is 52.0 Å². The van der Waals surface area contributed by atoms with E-state index >= 15 is 0 Å².